The average Bonchev–Trinajstić information content (AvgIpc) is 2.73. The molecule has 0 saturated heterocycles. The van der Waals surface area contributed by atoms with Crippen LogP contribution in [0.1, 0.15) is 32.1 Å². The Balaban J connectivity index is 2.11. The number of furan rings is 1. The van der Waals surface area contributed by atoms with Crippen molar-refractivity contribution in [2.24, 2.45) is 0 Å². The highest BCUT2D eigenvalue weighted by molar-refractivity contribution is 6.05. The van der Waals surface area contributed by atoms with Crippen molar-refractivity contribution in [3.05, 3.63) is 47.7 Å². The summed E-state index contributed by atoms with van der Waals surface area (Å²) in [5, 5.41) is 7.13. The van der Waals surface area contributed by atoms with Crippen LogP contribution in [0, 0.1) is 6.92 Å². The van der Waals surface area contributed by atoms with Crippen LogP contribution in [0.5, 0.6) is 0 Å². The maximum Gasteiger partial charge on any atom is 0.142 e. The molecular weight excluding hydrogens is 246 g/mol. The molecule has 0 spiro atoms. The van der Waals surface area contributed by atoms with Crippen LogP contribution in [-0.2, 0) is 6.54 Å². The van der Waals surface area contributed by atoms with E-state index >= 15 is 0 Å². The van der Waals surface area contributed by atoms with Crippen molar-refractivity contribution in [2.75, 3.05) is 0 Å². The number of nitrogens with one attached hydrogen (secondary N) is 1. The molecule has 3 aromatic rings. The van der Waals surface area contributed by atoms with Gasteiger partial charge in [-0.25, -0.2) is 0 Å². The van der Waals surface area contributed by atoms with Crippen LogP contribution in [0.2, 0.25) is 0 Å². The van der Waals surface area contributed by atoms with Crippen molar-refractivity contribution in [2.45, 2.75) is 39.8 Å². The summed E-state index contributed by atoms with van der Waals surface area (Å²) in [6.45, 7) is 9.40. The fraction of sp³-hybridized carbons (Fsp3) is 0.333. The predicted molar refractivity (Wildman–Crippen MR) is 85.0 cm³/mol. The summed E-state index contributed by atoms with van der Waals surface area (Å²) in [5.74, 6) is 1.03. The van der Waals surface area contributed by atoms with Crippen LogP contribution >= 0.6 is 0 Å². The van der Waals surface area contributed by atoms with Crippen molar-refractivity contribution < 1.29 is 4.42 Å². The van der Waals surface area contributed by atoms with Crippen molar-refractivity contribution in [3.8, 4) is 0 Å². The zero-order valence-corrected chi connectivity index (χ0v) is 12.6. The summed E-state index contributed by atoms with van der Waals surface area (Å²) in [7, 11) is 0. The van der Waals surface area contributed by atoms with Crippen molar-refractivity contribution in [3.63, 3.8) is 0 Å². The van der Waals surface area contributed by atoms with Crippen LogP contribution in [0.4, 0.5) is 0 Å². The molecule has 0 bridgehead atoms. The fourth-order valence-corrected chi connectivity index (χ4v) is 2.51. The highest BCUT2D eigenvalue weighted by atomic mass is 16.3. The zero-order valence-electron chi connectivity index (χ0n) is 12.6. The Hall–Kier alpha value is -1.80. The maximum atomic E-state index is 6.14. The van der Waals surface area contributed by atoms with Crippen LogP contribution in [0.3, 0.4) is 0 Å². The maximum absolute atomic E-state index is 6.14. The molecule has 3 rings (SSSR count). The third kappa shape index (κ3) is 2.32. The molecule has 0 aliphatic heterocycles. The Morgan fingerprint density at radius 1 is 1.00 bits per heavy atom. The summed E-state index contributed by atoms with van der Waals surface area (Å²) in [6.07, 6.45) is 0. The van der Waals surface area contributed by atoms with E-state index in [-0.39, 0.29) is 5.54 Å². The fourth-order valence-electron chi connectivity index (χ4n) is 2.51. The Morgan fingerprint density at radius 3 is 2.50 bits per heavy atom. The molecular formula is C18H21NO. The van der Waals surface area contributed by atoms with E-state index in [9.17, 15) is 0 Å². The van der Waals surface area contributed by atoms with Crippen LogP contribution in [0.25, 0.3) is 21.7 Å². The van der Waals surface area contributed by atoms with Gasteiger partial charge in [0.15, 0.2) is 0 Å². The van der Waals surface area contributed by atoms with Crippen molar-refractivity contribution in [1.82, 2.24) is 5.32 Å². The third-order valence-electron chi connectivity index (χ3n) is 3.71. The summed E-state index contributed by atoms with van der Waals surface area (Å²) >= 11 is 0. The highest BCUT2D eigenvalue weighted by Gasteiger charge is 2.15. The molecule has 1 N–H and O–H groups in total. The predicted octanol–water partition coefficient (Wildman–Crippen LogP) is 4.78. The van der Waals surface area contributed by atoms with E-state index in [4.69, 9.17) is 4.42 Å². The number of hydrogen-bond donors (Lipinski definition) is 1. The minimum absolute atomic E-state index is 0.0908. The second-order valence-electron chi connectivity index (χ2n) is 6.42. The lowest BCUT2D eigenvalue weighted by Gasteiger charge is -2.19. The summed E-state index contributed by atoms with van der Waals surface area (Å²) in [5.41, 5.74) is 2.34. The first kappa shape index (κ1) is 13.2. The molecule has 0 aliphatic rings. The molecule has 20 heavy (non-hydrogen) atoms. The largest absolute Gasteiger partial charge is 0.459 e. The standard InChI is InChI=1S/C18H21NO/c1-12-14-10-9-13-7-5-6-8-15(13)17(14)20-16(12)11-19-18(2,3)4/h5-10,19H,11H2,1-4H3. The Kier molecular flexibility index (Phi) is 3.06. The lowest BCUT2D eigenvalue weighted by Crippen LogP contribution is -2.35. The molecule has 1 aromatic heterocycles. The second-order valence-corrected chi connectivity index (χ2v) is 6.42. The quantitative estimate of drug-likeness (QED) is 0.722. The van der Waals surface area contributed by atoms with Gasteiger partial charge in [0.05, 0.1) is 6.54 Å². The Morgan fingerprint density at radius 2 is 1.75 bits per heavy atom. The topological polar surface area (TPSA) is 25.2 Å². The first-order valence-electron chi connectivity index (χ1n) is 7.10. The van der Waals surface area contributed by atoms with E-state index < -0.39 is 0 Å². The molecule has 0 aliphatic carbocycles. The molecule has 0 unspecified atom stereocenters. The molecule has 104 valence electrons. The van der Waals surface area contributed by atoms with Crippen molar-refractivity contribution in [1.29, 1.82) is 0 Å². The number of aryl methyl sites for hydroxylation is 1. The van der Waals surface area contributed by atoms with Gasteiger partial charge in [-0.1, -0.05) is 36.4 Å². The van der Waals surface area contributed by atoms with Gasteiger partial charge in [0, 0.05) is 16.3 Å². The lowest BCUT2D eigenvalue weighted by atomic mass is 10.1. The molecule has 0 radical (unpaired) electrons. The van der Waals surface area contributed by atoms with Crippen LogP contribution < -0.4 is 5.32 Å². The summed E-state index contributed by atoms with van der Waals surface area (Å²) in [4.78, 5) is 0. The van der Waals surface area contributed by atoms with Gasteiger partial charge in [0.1, 0.15) is 11.3 Å². The van der Waals surface area contributed by atoms with Gasteiger partial charge in [-0.2, -0.15) is 0 Å². The molecule has 0 saturated carbocycles. The summed E-state index contributed by atoms with van der Waals surface area (Å²) in [6, 6.07) is 12.7. The van der Waals surface area contributed by atoms with E-state index in [0.29, 0.717) is 0 Å². The van der Waals surface area contributed by atoms with Crippen molar-refractivity contribution >= 4 is 21.7 Å². The Labute approximate surface area is 119 Å². The van der Waals surface area contributed by atoms with Crippen LogP contribution in [-0.4, -0.2) is 5.54 Å². The van der Waals surface area contributed by atoms with E-state index in [1.165, 1.54) is 21.7 Å². The van der Waals surface area contributed by atoms with E-state index in [1.807, 2.05) is 0 Å². The molecule has 0 amide bonds. The Bertz CT molecular complexity index is 762. The average molecular weight is 267 g/mol. The molecule has 0 fully saturated rings. The number of hydrogen-bond acceptors (Lipinski definition) is 2. The van der Waals surface area contributed by atoms with Gasteiger partial charge in [0.2, 0.25) is 0 Å². The molecule has 2 heteroatoms. The van der Waals surface area contributed by atoms with E-state index in [0.717, 1.165) is 17.9 Å². The van der Waals surface area contributed by atoms with Crippen LogP contribution in [0.15, 0.2) is 40.8 Å². The monoisotopic (exact) mass is 267 g/mol. The number of benzene rings is 2. The van der Waals surface area contributed by atoms with Gasteiger partial charge < -0.3 is 9.73 Å². The van der Waals surface area contributed by atoms with Gasteiger partial charge in [-0.3, -0.25) is 0 Å². The number of rotatable bonds is 2. The second kappa shape index (κ2) is 4.64. The molecule has 0 atom stereocenters. The lowest BCUT2D eigenvalue weighted by molar-refractivity contribution is 0.394. The van der Waals surface area contributed by atoms with Gasteiger partial charge in [-0.15, -0.1) is 0 Å². The highest BCUT2D eigenvalue weighted by Crippen LogP contribution is 2.31. The number of fused-ring (bicyclic) bond motifs is 3. The smallest absolute Gasteiger partial charge is 0.142 e. The molecule has 1 heterocycles. The van der Waals surface area contributed by atoms with E-state index in [2.05, 4.69) is 69.4 Å². The normalized spacial score (nSPS) is 12.4. The SMILES string of the molecule is Cc1c(CNC(C)(C)C)oc2c1ccc1ccccc12. The van der Waals surface area contributed by atoms with Gasteiger partial charge in [-0.05, 0) is 38.6 Å². The zero-order chi connectivity index (χ0) is 14.3. The minimum Gasteiger partial charge on any atom is -0.459 e. The third-order valence-corrected chi connectivity index (χ3v) is 3.71. The minimum atomic E-state index is 0.0908. The first-order chi connectivity index (χ1) is 9.46. The van der Waals surface area contributed by atoms with Gasteiger partial charge in [0.25, 0.3) is 0 Å². The summed E-state index contributed by atoms with van der Waals surface area (Å²) < 4.78 is 6.14. The first-order valence-corrected chi connectivity index (χ1v) is 7.10. The molecule has 2 nitrogen and oxygen atoms in total. The molecule has 2 aromatic carbocycles. The van der Waals surface area contributed by atoms with Gasteiger partial charge >= 0.3 is 0 Å². The van der Waals surface area contributed by atoms with E-state index in [1.54, 1.807) is 0 Å².